The number of nitrogens with zero attached hydrogens (tertiary/aromatic N) is 1. The molecule has 1 saturated heterocycles. The van der Waals surface area contributed by atoms with Gasteiger partial charge in [0, 0.05) is 19.1 Å². The summed E-state index contributed by atoms with van der Waals surface area (Å²) in [5.41, 5.74) is 1.38. The zero-order valence-corrected chi connectivity index (χ0v) is 7.69. The van der Waals surface area contributed by atoms with Gasteiger partial charge in [-0.1, -0.05) is 30.3 Å². The molecule has 0 radical (unpaired) electrons. The maximum atomic E-state index is 8.83. The Morgan fingerprint density at radius 2 is 2.08 bits per heavy atom. The standard InChI is InChI=1S/C11H15NO/c13-9-11-8-12(11)7-6-10-4-2-1-3-5-10/h1-5,11,13H,6-9H2/t11-,12?/m0/s1. The van der Waals surface area contributed by atoms with E-state index in [1.54, 1.807) is 0 Å². The summed E-state index contributed by atoms with van der Waals surface area (Å²) in [6.45, 7) is 2.47. The maximum absolute atomic E-state index is 8.83. The molecule has 0 aromatic heterocycles. The molecule has 1 unspecified atom stereocenters. The van der Waals surface area contributed by atoms with Crippen molar-refractivity contribution in [2.24, 2.45) is 0 Å². The third kappa shape index (κ3) is 2.29. The molecule has 13 heavy (non-hydrogen) atoms. The minimum atomic E-state index is 0.314. The third-order valence-corrected chi connectivity index (χ3v) is 2.57. The summed E-state index contributed by atoms with van der Waals surface area (Å²) in [7, 11) is 0. The van der Waals surface area contributed by atoms with E-state index >= 15 is 0 Å². The van der Waals surface area contributed by atoms with Crippen LogP contribution in [0.2, 0.25) is 0 Å². The monoisotopic (exact) mass is 177 g/mol. The highest BCUT2D eigenvalue weighted by Crippen LogP contribution is 2.16. The summed E-state index contributed by atoms with van der Waals surface area (Å²) in [6, 6.07) is 10.9. The first-order chi connectivity index (χ1) is 6.40. The van der Waals surface area contributed by atoms with Gasteiger partial charge in [0.2, 0.25) is 0 Å². The zero-order valence-electron chi connectivity index (χ0n) is 7.69. The Morgan fingerprint density at radius 1 is 1.31 bits per heavy atom. The smallest absolute Gasteiger partial charge is 0.0599 e. The fourth-order valence-electron chi connectivity index (χ4n) is 1.59. The van der Waals surface area contributed by atoms with Gasteiger partial charge in [0.05, 0.1) is 6.61 Å². The van der Waals surface area contributed by atoms with Crippen molar-refractivity contribution in [2.75, 3.05) is 19.7 Å². The summed E-state index contributed by atoms with van der Waals surface area (Å²) >= 11 is 0. The predicted octanol–water partition coefficient (Wildman–Crippen LogP) is 0.906. The minimum absolute atomic E-state index is 0.314. The molecule has 1 aliphatic rings. The Bertz CT molecular complexity index is 260. The minimum Gasteiger partial charge on any atom is -0.395 e. The second-order valence-electron chi connectivity index (χ2n) is 3.57. The second kappa shape index (κ2) is 3.90. The normalized spacial score (nSPS) is 25.9. The fraction of sp³-hybridized carbons (Fsp3) is 0.455. The summed E-state index contributed by atoms with van der Waals surface area (Å²) in [5.74, 6) is 0. The van der Waals surface area contributed by atoms with Crippen molar-refractivity contribution < 1.29 is 5.11 Å². The van der Waals surface area contributed by atoms with Crippen LogP contribution in [-0.4, -0.2) is 35.7 Å². The van der Waals surface area contributed by atoms with E-state index in [1.807, 2.05) is 6.07 Å². The van der Waals surface area contributed by atoms with E-state index < -0.39 is 0 Å². The molecule has 1 aromatic carbocycles. The second-order valence-corrected chi connectivity index (χ2v) is 3.57. The van der Waals surface area contributed by atoms with Crippen LogP contribution >= 0.6 is 0 Å². The molecule has 1 aromatic rings. The average Bonchev–Trinajstić information content (AvgIpc) is 2.95. The first-order valence-electron chi connectivity index (χ1n) is 4.79. The Labute approximate surface area is 78.8 Å². The van der Waals surface area contributed by atoms with E-state index in [2.05, 4.69) is 29.2 Å². The van der Waals surface area contributed by atoms with Crippen LogP contribution in [0.5, 0.6) is 0 Å². The lowest BCUT2D eigenvalue weighted by Gasteiger charge is -2.02. The van der Waals surface area contributed by atoms with Crippen LogP contribution in [-0.2, 0) is 6.42 Å². The van der Waals surface area contributed by atoms with Crippen LogP contribution in [0.25, 0.3) is 0 Å². The van der Waals surface area contributed by atoms with Crippen LogP contribution in [0.15, 0.2) is 30.3 Å². The summed E-state index contributed by atoms with van der Waals surface area (Å²) in [5, 5.41) is 8.83. The van der Waals surface area contributed by atoms with E-state index in [9.17, 15) is 0 Å². The number of benzene rings is 1. The van der Waals surface area contributed by atoms with Crippen LogP contribution in [0.3, 0.4) is 0 Å². The highest BCUT2D eigenvalue weighted by atomic mass is 16.3. The number of hydrogen-bond acceptors (Lipinski definition) is 2. The van der Waals surface area contributed by atoms with Gasteiger partial charge in [-0.25, -0.2) is 0 Å². The molecule has 0 spiro atoms. The Balaban J connectivity index is 1.75. The van der Waals surface area contributed by atoms with Gasteiger partial charge in [-0.05, 0) is 12.0 Å². The lowest BCUT2D eigenvalue weighted by Crippen LogP contribution is -2.09. The molecule has 2 atom stereocenters. The Kier molecular flexibility index (Phi) is 2.62. The highest BCUT2D eigenvalue weighted by Gasteiger charge is 2.31. The molecule has 2 nitrogen and oxygen atoms in total. The van der Waals surface area contributed by atoms with Crippen LogP contribution in [0, 0.1) is 0 Å². The van der Waals surface area contributed by atoms with Crippen molar-refractivity contribution in [3.63, 3.8) is 0 Å². The van der Waals surface area contributed by atoms with Gasteiger partial charge in [-0.2, -0.15) is 0 Å². The molecular weight excluding hydrogens is 162 g/mol. The Hall–Kier alpha value is -0.860. The fourth-order valence-corrected chi connectivity index (χ4v) is 1.59. The first-order valence-corrected chi connectivity index (χ1v) is 4.79. The van der Waals surface area contributed by atoms with Crippen molar-refractivity contribution in [2.45, 2.75) is 12.5 Å². The van der Waals surface area contributed by atoms with Crippen LogP contribution < -0.4 is 0 Å². The lowest BCUT2D eigenvalue weighted by atomic mass is 10.1. The molecule has 0 saturated carbocycles. The SMILES string of the molecule is OC[C@@H]1CN1CCc1ccccc1. The topological polar surface area (TPSA) is 23.2 Å². The van der Waals surface area contributed by atoms with E-state index in [1.165, 1.54) is 5.56 Å². The van der Waals surface area contributed by atoms with E-state index in [4.69, 9.17) is 5.11 Å². The van der Waals surface area contributed by atoms with E-state index in [0.29, 0.717) is 12.6 Å². The molecule has 2 heteroatoms. The molecule has 0 aliphatic carbocycles. The molecule has 1 heterocycles. The van der Waals surface area contributed by atoms with Gasteiger partial charge in [0.15, 0.2) is 0 Å². The molecular formula is C11H15NO. The average molecular weight is 177 g/mol. The van der Waals surface area contributed by atoms with Gasteiger partial charge in [0.25, 0.3) is 0 Å². The summed E-state index contributed by atoms with van der Waals surface area (Å²) < 4.78 is 0. The molecule has 70 valence electrons. The third-order valence-electron chi connectivity index (χ3n) is 2.57. The predicted molar refractivity (Wildman–Crippen MR) is 52.6 cm³/mol. The number of rotatable bonds is 4. The number of aliphatic hydroxyl groups excluding tert-OH is 1. The van der Waals surface area contributed by atoms with Gasteiger partial charge >= 0.3 is 0 Å². The van der Waals surface area contributed by atoms with Crippen molar-refractivity contribution in [1.29, 1.82) is 0 Å². The van der Waals surface area contributed by atoms with Gasteiger partial charge in [-0.3, -0.25) is 4.90 Å². The van der Waals surface area contributed by atoms with Crippen molar-refractivity contribution >= 4 is 0 Å². The van der Waals surface area contributed by atoms with Crippen LogP contribution in [0.1, 0.15) is 5.56 Å². The largest absolute Gasteiger partial charge is 0.395 e. The Morgan fingerprint density at radius 3 is 2.69 bits per heavy atom. The molecule has 2 rings (SSSR count). The van der Waals surface area contributed by atoms with Crippen molar-refractivity contribution in [1.82, 2.24) is 4.90 Å². The first kappa shape index (κ1) is 8.73. The van der Waals surface area contributed by atoms with E-state index in [0.717, 1.165) is 19.5 Å². The highest BCUT2D eigenvalue weighted by molar-refractivity contribution is 5.15. The van der Waals surface area contributed by atoms with Crippen molar-refractivity contribution in [3.05, 3.63) is 35.9 Å². The van der Waals surface area contributed by atoms with Gasteiger partial charge in [-0.15, -0.1) is 0 Å². The zero-order chi connectivity index (χ0) is 9.10. The van der Waals surface area contributed by atoms with Gasteiger partial charge < -0.3 is 5.11 Å². The van der Waals surface area contributed by atoms with Gasteiger partial charge in [0.1, 0.15) is 0 Å². The van der Waals surface area contributed by atoms with Crippen LogP contribution in [0.4, 0.5) is 0 Å². The number of hydrogen-bond donors (Lipinski definition) is 1. The lowest BCUT2D eigenvalue weighted by molar-refractivity contribution is 0.273. The molecule has 1 aliphatic heterocycles. The summed E-state index contributed by atoms with van der Waals surface area (Å²) in [6.07, 6.45) is 1.09. The maximum Gasteiger partial charge on any atom is 0.0599 e. The molecule has 0 amide bonds. The summed E-state index contributed by atoms with van der Waals surface area (Å²) in [4.78, 5) is 2.30. The molecule has 1 fully saturated rings. The van der Waals surface area contributed by atoms with E-state index in [-0.39, 0.29) is 0 Å². The molecule has 1 N–H and O–H groups in total. The quantitative estimate of drug-likeness (QED) is 0.691. The molecule has 0 bridgehead atoms. The number of aliphatic hydroxyl groups is 1. The van der Waals surface area contributed by atoms with Crippen molar-refractivity contribution in [3.8, 4) is 0 Å².